The highest BCUT2D eigenvalue weighted by atomic mass is 32.2. The molecule has 1 saturated heterocycles. The number of hydrogen-bond donors (Lipinski definition) is 1. The molecule has 0 atom stereocenters. The molecule has 2 heterocycles. The molecule has 8 heteroatoms. The van der Waals surface area contributed by atoms with Crippen LogP contribution in [0, 0.1) is 13.8 Å². The fourth-order valence-electron chi connectivity index (χ4n) is 4.27. The zero-order chi connectivity index (χ0) is 25.1. The Morgan fingerprint density at radius 3 is 2.06 bits per heavy atom. The van der Waals surface area contributed by atoms with Crippen molar-refractivity contribution >= 4 is 27.5 Å². The number of piperazine rings is 1. The maximum atomic E-state index is 13.3. The molecular weight excluding hydrogens is 470 g/mol. The average molecular weight is 500 g/mol. The lowest BCUT2D eigenvalue weighted by Crippen LogP contribution is -2.49. The van der Waals surface area contributed by atoms with Crippen LogP contribution in [-0.2, 0) is 10.0 Å². The summed E-state index contributed by atoms with van der Waals surface area (Å²) in [6.07, 6.45) is 0. The highest BCUT2D eigenvalue weighted by molar-refractivity contribution is 7.89. The van der Waals surface area contributed by atoms with Gasteiger partial charge in [-0.3, -0.25) is 0 Å². The van der Waals surface area contributed by atoms with Gasteiger partial charge in [-0.1, -0.05) is 60.2 Å². The molecule has 1 N–H and O–H groups in total. The Labute approximate surface area is 212 Å². The van der Waals surface area contributed by atoms with Crippen molar-refractivity contribution < 1.29 is 8.42 Å². The Morgan fingerprint density at radius 2 is 1.39 bits per heavy atom. The molecule has 3 aromatic carbocycles. The first-order valence-corrected chi connectivity index (χ1v) is 13.4. The molecular formula is C28H29N5O2S. The number of aryl methyl sites for hydroxylation is 2. The van der Waals surface area contributed by atoms with Crippen LogP contribution < -0.4 is 10.2 Å². The summed E-state index contributed by atoms with van der Waals surface area (Å²) >= 11 is 0. The molecule has 7 nitrogen and oxygen atoms in total. The fourth-order valence-corrected chi connectivity index (χ4v) is 5.69. The van der Waals surface area contributed by atoms with E-state index in [0.717, 1.165) is 28.3 Å². The molecule has 0 amide bonds. The van der Waals surface area contributed by atoms with Crippen molar-refractivity contribution in [3.8, 4) is 11.1 Å². The van der Waals surface area contributed by atoms with Crippen LogP contribution in [-0.4, -0.2) is 48.9 Å². The molecule has 0 unspecified atom stereocenters. The second kappa shape index (κ2) is 10.1. The van der Waals surface area contributed by atoms with Gasteiger partial charge in [0.25, 0.3) is 0 Å². The number of benzene rings is 3. The summed E-state index contributed by atoms with van der Waals surface area (Å²) < 4.78 is 28.1. The molecule has 5 rings (SSSR count). The maximum Gasteiger partial charge on any atom is 0.243 e. The Hall–Kier alpha value is -3.75. The lowest BCUT2D eigenvalue weighted by atomic mass is 10.1. The van der Waals surface area contributed by atoms with Crippen LogP contribution in [0.15, 0.2) is 89.8 Å². The second-order valence-corrected chi connectivity index (χ2v) is 10.9. The van der Waals surface area contributed by atoms with Gasteiger partial charge < -0.3 is 10.2 Å². The molecule has 4 aromatic rings. The van der Waals surface area contributed by atoms with E-state index < -0.39 is 10.0 Å². The zero-order valence-electron chi connectivity index (χ0n) is 20.4. The van der Waals surface area contributed by atoms with Crippen LogP contribution in [0.25, 0.3) is 11.1 Å². The molecule has 0 saturated carbocycles. The molecule has 0 aliphatic carbocycles. The SMILES string of the molecule is Cc1ccc(Nc2cc(C)nc(N3CCN(S(=O)(=O)c4ccc(-c5ccccc5)cc4)CC3)n2)cc1. The number of nitrogens with zero attached hydrogens (tertiary/aromatic N) is 4. The van der Waals surface area contributed by atoms with Crippen molar-refractivity contribution in [1.29, 1.82) is 0 Å². The van der Waals surface area contributed by atoms with Crippen molar-refractivity contribution in [3.05, 3.63) is 96.2 Å². The second-order valence-electron chi connectivity index (χ2n) is 8.97. The Bertz CT molecular complexity index is 1430. The molecule has 0 spiro atoms. The Balaban J connectivity index is 1.26. The number of anilines is 3. The summed E-state index contributed by atoms with van der Waals surface area (Å²) in [4.78, 5) is 11.7. The minimum absolute atomic E-state index is 0.312. The van der Waals surface area contributed by atoms with Crippen LogP contribution in [0.3, 0.4) is 0 Å². The monoisotopic (exact) mass is 499 g/mol. The van der Waals surface area contributed by atoms with E-state index in [1.54, 1.807) is 16.4 Å². The van der Waals surface area contributed by atoms with Crippen molar-refractivity contribution in [3.63, 3.8) is 0 Å². The van der Waals surface area contributed by atoms with Crippen molar-refractivity contribution in [1.82, 2.24) is 14.3 Å². The van der Waals surface area contributed by atoms with Crippen LogP contribution in [0.2, 0.25) is 0 Å². The van der Waals surface area contributed by atoms with E-state index in [1.807, 2.05) is 84.6 Å². The van der Waals surface area contributed by atoms with Gasteiger partial charge in [0.1, 0.15) is 5.82 Å². The summed E-state index contributed by atoms with van der Waals surface area (Å²) in [5, 5.41) is 3.34. The van der Waals surface area contributed by atoms with E-state index in [-0.39, 0.29) is 0 Å². The number of hydrogen-bond acceptors (Lipinski definition) is 6. The Kier molecular flexibility index (Phi) is 6.71. The third kappa shape index (κ3) is 5.24. The van der Waals surface area contributed by atoms with Gasteiger partial charge in [0, 0.05) is 43.6 Å². The van der Waals surface area contributed by atoms with E-state index in [2.05, 4.69) is 17.2 Å². The number of rotatable bonds is 6. The smallest absolute Gasteiger partial charge is 0.243 e. The molecule has 184 valence electrons. The van der Waals surface area contributed by atoms with Gasteiger partial charge in [-0.15, -0.1) is 0 Å². The minimum Gasteiger partial charge on any atom is -0.340 e. The van der Waals surface area contributed by atoms with E-state index in [1.165, 1.54) is 5.56 Å². The summed E-state index contributed by atoms with van der Waals surface area (Å²) in [5.41, 5.74) is 5.05. The lowest BCUT2D eigenvalue weighted by molar-refractivity contribution is 0.382. The van der Waals surface area contributed by atoms with Gasteiger partial charge >= 0.3 is 0 Å². The number of aromatic nitrogens is 2. The highest BCUT2D eigenvalue weighted by Gasteiger charge is 2.29. The molecule has 0 bridgehead atoms. The third-order valence-corrected chi connectivity index (χ3v) is 8.20. The minimum atomic E-state index is -3.57. The van der Waals surface area contributed by atoms with Gasteiger partial charge in [0.05, 0.1) is 4.90 Å². The van der Waals surface area contributed by atoms with Crippen molar-refractivity contribution in [2.75, 3.05) is 36.4 Å². The Morgan fingerprint density at radius 1 is 0.750 bits per heavy atom. The van der Waals surface area contributed by atoms with Gasteiger partial charge in [-0.2, -0.15) is 9.29 Å². The first-order chi connectivity index (χ1) is 17.4. The zero-order valence-corrected chi connectivity index (χ0v) is 21.2. The quantitative estimate of drug-likeness (QED) is 0.402. The summed E-state index contributed by atoms with van der Waals surface area (Å²) in [6, 6.07) is 27.1. The van der Waals surface area contributed by atoms with Crippen molar-refractivity contribution in [2.24, 2.45) is 0 Å². The summed E-state index contributed by atoms with van der Waals surface area (Å²) in [5.74, 6) is 1.32. The normalized spacial score (nSPS) is 14.6. The summed E-state index contributed by atoms with van der Waals surface area (Å²) in [7, 11) is -3.57. The highest BCUT2D eigenvalue weighted by Crippen LogP contribution is 2.25. The van der Waals surface area contributed by atoms with E-state index in [0.29, 0.717) is 37.0 Å². The van der Waals surface area contributed by atoms with Crippen LogP contribution in [0.1, 0.15) is 11.3 Å². The van der Waals surface area contributed by atoms with Crippen molar-refractivity contribution in [2.45, 2.75) is 18.7 Å². The maximum absolute atomic E-state index is 13.3. The van der Waals surface area contributed by atoms with Gasteiger partial charge in [-0.05, 0) is 49.2 Å². The molecule has 1 aliphatic heterocycles. The van der Waals surface area contributed by atoms with Gasteiger partial charge in [0.15, 0.2) is 0 Å². The molecule has 0 radical (unpaired) electrons. The fraction of sp³-hybridized carbons (Fsp3) is 0.214. The standard InChI is InChI=1S/C28H29N5O2S/c1-21-8-12-25(13-9-21)30-27-20-22(2)29-28(31-27)32-16-18-33(19-17-32)36(34,35)26-14-10-24(11-15-26)23-6-4-3-5-7-23/h3-15,20H,16-19H2,1-2H3,(H,29,30,31). The predicted molar refractivity (Wildman–Crippen MR) is 144 cm³/mol. The molecule has 1 aromatic heterocycles. The lowest BCUT2D eigenvalue weighted by Gasteiger charge is -2.34. The number of nitrogens with one attached hydrogen (secondary N) is 1. The molecule has 1 aliphatic rings. The van der Waals surface area contributed by atoms with Gasteiger partial charge in [-0.25, -0.2) is 13.4 Å². The first kappa shape index (κ1) is 24.0. The average Bonchev–Trinajstić information content (AvgIpc) is 2.90. The third-order valence-electron chi connectivity index (χ3n) is 6.29. The van der Waals surface area contributed by atoms with E-state index in [4.69, 9.17) is 4.98 Å². The molecule has 1 fully saturated rings. The van der Waals surface area contributed by atoms with Gasteiger partial charge in [0.2, 0.25) is 16.0 Å². The van der Waals surface area contributed by atoms with E-state index >= 15 is 0 Å². The largest absolute Gasteiger partial charge is 0.340 e. The molecule has 36 heavy (non-hydrogen) atoms. The van der Waals surface area contributed by atoms with Crippen LogP contribution >= 0.6 is 0 Å². The van der Waals surface area contributed by atoms with Crippen LogP contribution in [0.4, 0.5) is 17.5 Å². The summed E-state index contributed by atoms with van der Waals surface area (Å²) in [6.45, 7) is 5.78. The van der Waals surface area contributed by atoms with E-state index in [9.17, 15) is 8.42 Å². The van der Waals surface area contributed by atoms with Crippen LogP contribution in [0.5, 0.6) is 0 Å². The predicted octanol–water partition coefficient (Wildman–Crippen LogP) is 5.01. The topological polar surface area (TPSA) is 78.4 Å². The first-order valence-electron chi connectivity index (χ1n) is 12.0. The number of sulfonamides is 1.